The predicted molar refractivity (Wildman–Crippen MR) is 193 cm³/mol. The molecule has 1 atom stereocenters. The topological polar surface area (TPSA) is 138 Å². The van der Waals surface area contributed by atoms with Crippen molar-refractivity contribution in [2.75, 3.05) is 52.4 Å². The summed E-state index contributed by atoms with van der Waals surface area (Å²) in [5.41, 5.74) is -1.51. The Morgan fingerprint density at radius 3 is 1.29 bits per heavy atom. The third kappa shape index (κ3) is 14.6. The number of benzene rings is 1. The van der Waals surface area contributed by atoms with E-state index < -0.39 is 47.0 Å². The van der Waals surface area contributed by atoms with Crippen molar-refractivity contribution >= 4 is 30.1 Å². The van der Waals surface area contributed by atoms with Gasteiger partial charge in [-0.1, -0.05) is 30.3 Å². The second kappa shape index (κ2) is 17.9. The standard InChI is InChI=1S/C38H56N5O8/c1-36(2,3)49-33(46)41-21-19-40(32(45)30(27-28-15-11-10-12-16-28)39-31(44)29-17-13-14-18-29)20-22-42(34(47)50-37(4,5)6)24-26-43(25-23-41)35(48)51-38(7,8)9/h10-18,30H,19-27H2,1-9H3,(H,39,44). The average molecular weight is 711 g/mol. The van der Waals surface area contributed by atoms with Crippen LogP contribution in [-0.4, -0.2) is 125 Å². The number of hydrogen-bond donors (Lipinski definition) is 1. The summed E-state index contributed by atoms with van der Waals surface area (Å²) in [5, 5.41) is 2.92. The zero-order valence-corrected chi connectivity index (χ0v) is 31.7. The number of carbonyl (C=O) groups excluding carboxylic acids is 5. The molecule has 2 fully saturated rings. The van der Waals surface area contributed by atoms with E-state index in [2.05, 4.69) is 5.32 Å². The van der Waals surface area contributed by atoms with Crippen LogP contribution in [0.5, 0.6) is 0 Å². The highest BCUT2D eigenvalue weighted by molar-refractivity contribution is 5.98. The van der Waals surface area contributed by atoms with E-state index in [9.17, 15) is 24.0 Å². The summed E-state index contributed by atoms with van der Waals surface area (Å²) in [6.07, 6.45) is 5.28. The van der Waals surface area contributed by atoms with Crippen molar-refractivity contribution in [1.29, 1.82) is 0 Å². The van der Waals surface area contributed by atoms with Crippen LogP contribution in [-0.2, 0) is 30.2 Å². The van der Waals surface area contributed by atoms with E-state index in [1.54, 1.807) is 92.9 Å². The third-order valence-electron chi connectivity index (χ3n) is 7.64. The summed E-state index contributed by atoms with van der Waals surface area (Å²) in [6, 6.07) is 8.43. The van der Waals surface area contributed by atoms with Gasteiger partial charge in [-0.15, -0.1) is 0 Å². The number of nitrogens with one attached hydrogen (secondary N) is 1. The van der Waals surface area contributed by atoms with E-state index >= 15 is 0 Å². The lowest BCUT2D eigenvalue weighted by Crippen LogP contribution is -2.55. The van der Waals surface area contributed by atoms with Crippen LogP contribution in [0.1, 0.15) is 67.9 Å². The number of amides is 5. The summed E-state index contributed by atoms with van der Waals surface area (Å²) >= 11 is 0. The average Bonchev–Trinajstić information content (AvgIpc) is 3.54. The second-order valence-electron chi connectivity index (χ2n) is 15.6. The molecule has 1 unspecified atom stereocenters. The van der Waals surface area contributed by atoms with E-state index in [0.29, 0.717) is 5.92 Å². The molecular weight excluding hydrogens is 654 g/mol. The molecule has 13 nitrogen and oxygen atoms in total. The summed E-state index contributed by atoms with van der Waals surface area (Å²) in [4.78, 5) is 74.0. The Balaban J connectivity index is 1.97. The first-order valence-corrected chi connectivity index (χ1v) is 17.5. The molecule has 5 amide bonds. The molecule has 5 radical (unpaired) electrons. The molecule has 0 bridgehead atoms. The van der Waals surface area contributed by atoms with Crippen molar-refractivity contribution in [3.8, 4) is 0 Å². The Kier molecular flexibility index (Phi) is 14.6. The fourth-order valence-corrected chi connectivity index (χ4v) is 5.20. The molecule has 1 N–H and O–H groups in total. The molecule has 1 saturated carbocycles. The molecule has 1 aromatic carbocycles. The van der Waals surface area contributed by atoms with Crippen LogP contribution in [0.15, 0.2) is 30.3 Å². The Bertz CT molecular complexity index is 1280. The quantitative estimate of drug-likeness (QED) is 0.436. The fraction of sp³-hybridized carbons (Fsp3) is 0.579. The molecule has 2 aliphatic rings. The largest absolute Gasteiger partial charge is 0.444 e. The number of carbonyl (C=O) groups is 5. The minimum Gasteiger partial charge on any atom is -0.444 e. The molecule has 281 valence electrons. The minimum atomic E-state index is -0.949. The number of ether oxygens (including phenoxy) is 3. The van der Waals surface area contributed by atoms with Crippen LogP contribution in [0.4, 0.5) is 14.4 Å². The number of hydrogen-bond acceptors (Lipinski definition) is 8. The SMILES string of the molecule is CC(C)(C)OC(=O)N1CCN(C(=O)OC(C)(C)C)CCN(C(=O)C(Cc2ccccc2)NC(=O)[C]2[CH][CH][CH][CH]2)CCN(C(=O)OC(C)(C)C)CC1. The smallest absolute Gasteiger partial charge is 0.410 e. The Labute approximate surface area is 304 Å². The molecule has 1 aliphatic heterocycles. The molecular formula is C38H56N5O8. The van der Waals surface area contributed by atoms with E-state index in [4.69, 9.17) is 14.2 Å². The fourth-order valence-electron chi connectivity index (χ4n) is 5.20. The summed E-state index contributed by atoms with van der Waals surface area (Å²) in [6.45, 7) is 16.4. The van der Waals surface area contributed by atoms with Crippen molar-refractivity contribution in [3.63, 3.8) is 0 Å². The predicted octanol–water partition coefficient (Wildman–Crippen LogP) is 4.67. The van der Waals surface area contributed by atoms with Crippen LogP contribution >= 0.6 is 0 Å². The van der Waals surface area contributed by atoms with Gasteiger partial charge in [0.05, 0.1) is 5.92 Å². The molecule has 0 spiro atoms. The molecule has 51 heavy (non-hydrogen) atoms. The number of rotatable bonds is 5. The van der Waals surface area contributed by atoms with Gasteiger partial charge in [0.25, 0.3) is 0 Å². The van der Waals surface area contributed by atoms with Gasteiger partial charge in [0.1, 0.15) is 22.8 Å². The Hall–Kier alpha value is -4.03. The maximum atomic E-state index is 14.5. The van der Waals surface area contributed by atoms with Gasteiger partial charge >= 0.3 is 18.3 Å². The van der Waals surface area contributed by atoms with Crippen LogP contribution in [0.2, 0.25) is 0 Å². The molecule has 0 aromatic heterocycles. The second-order valence-corrected chi connectivity index (χ2v) is 15.6. The molecule has 3 rings (SSSR count). The van der Waals surface area contributed by atoms with Crippen molar-refractivity contribution < 1.29 is 38.2 Å². The molecule has 13 heteroatoms. The highest BCUT2D eigenvalue weighted by atomic mass is 16.6. The maximum Gasteiger partial charge on any atom is 0.410 e. The third-order valence-corrected chi connectivity index (χ3v) is 7.64. The van der Waals surface area contributed by atoms with Gasteiger partial charge < -0.3 is 39.1 Å². The van der Waals surface area contributed by atoms with Gasteiger partial charge in [0, 0.05) is 58.8 Å². The van der Waals surface area contributed by atoms with Crippen molar-refractivity contribution in [2.24, 2.45) is 0 Å². The molecule has 1 heterocycles. The van der Waals surface area contributed by atoms with Crippen LogP contribution in [0.25, 0.3) is 0 Å². The lowest BCUT2D eigenvalue weighted by Gasteiger charge is -2.36. The van der Waals surface area contributed by atoms with Gasteiger partial charge in [-0.05, 0) is 93.6 Å². The monoisotopic (exact) mass is 710 g/mol. The van der Waals surface area contributed by atoms with E-state index in [-0.39, 0.29) is 64.7 Å². The van der Waals surface area contributed by atoms with E-state index in [1.165, 1.54) is 14.7 Å². The van der Waals surface area contributed by atoms with Crippen molar-refractivity contribution in [1.82, 2.24) is 24.9 Å². The summed E-state index contributed by atoms with van der Waals surface area (Å²) in [7, 11) is 0. The zero-order chi connectivity index (χ0) is 38.0. The van der Waals surface area contributed by atoms with Crippen LogP contribution in [0.3, 0.4) is 0 Å². The molecule has 1 aromatic rings. The minimum absolute atomic E-state index is 0.0596. The molecule has 1 aliphatic carbocycles. The highest BCUT2D eigenvalue weighted by Gasteiger charge is 2.34. The van der Waals surface area contributed by atoms with Gasteiger partial charge in [-0.25, -0.2) is 14.4 Å². The van der Waals surface area contributed by atoms with Crippen molar-refractivity contribution in [3.05, 3.63) is 67.5 Å². The first-order valence-electron chi connectivity index (χ1n) is 17.5. The lowest BCUT2D eigenvalue weighted by molar-refractivity contribution is -0.136. The van der Waals surface area contributed by atoms with Gasteiger partial charge in [-0.3, -0.25) is 9.59 Å². The summed E-state index contributed by atoms with van der Waals surface area (Å²) < 4.78 is 17.1. The maximum absolute atomic E-state index is 14.5. The van der Waals surface area contributed by atoms with Gasteiger partial charge in [0.15, 0.2) is 0 Å². The zero-order valence-electron chi connectivity index (χ0n) is 31.7. The Morgan fingerprint density at radius 2 is 0.941 bits per heavy atom. The van der Waals surface area contributed by atoms with E-state index in [0.717, 1.165) is 5.56 Å². The normalized spacial score (nSPS) is 17.9. The first-order chi connectivity index (χ1) is 23.7. The van der Waals surface area contributed by atoms with E-state index in [1.807, 2.05) is 30.3 Å². The van der Waals surface area contributed by atoms with Gasteiger partial charge in [-0.2, -0.15) is 0 Å². The van der Waals surface area contributed by atoms with Gasteiger partial charge in [0.2, 0.25) is 11.8 Å². The Morgan fingerprint density at radius 1 is 0.588 bits per heavy atom. The van der Waals surface area contributed by atoms with Crippen LogP contribution < -0.4 is 5.32 Å². The molecule has 1 saturated heterocycles. The van der Waals surface area contributed by atoms with Crippen LogP contribution in [0, 0.1) is 31.6 Å². The summed E-state index contributed by atoms with van der Waals surface area (Å²) in [5.74, 6) is -0.340. The van der Waals surface area contributed by atoms with Crippen molar-refractivity contribution in [2.45, 2.75) is 91.6 Å². The highest BCUT2D eigenvalue weighted by Crippen LogP contribution is 2.23. The lowest BCUT2D eigenvalue weighted by atomic mass is 10.0. The number of nitrogens with zero attached hydrogens (tertiary/aromatic N) is 4. The first kappa shape index (κ1) is 41.4.